The fraction of sp³-hybridized carbons (Fsp3) is 0. The number of hydrogen-bond acceptors (Lipinski definition) is 6. The maximum absolute atomic E-state index is 14.0. The van der Waals surface area contributed by atoms with Crippen LogP contribution in [0.25, 0.3) is 10.8 Å². The first-order chi connectivity index (χ1) is 17.3. The smallest absolute Gasteiger partial charge is 0.307 e. The molecule has 5 aromatic carbocycles. The van der Waals surface area contributed by atoms with Crippen molar-refractivity contribution >= 4 is 31.2 Å². The minimum Gasteiger partial charge on any atom is -0.508 e. The summed E-state index contributed by atoms with van der Waals surface area (Å²) in [6.07, 6.45) is 0. The first-order valence-corrected chi connectivity index (χ1v) is 13.9. The molecule has 0 aliphatic carbocycles. The number of rotatable bonds is 6. The normalized spacial score (nSPS) is 12.4. The van der Waals surface area contributed by atoms with Gasteiger partial charge in [0.2, 0.25) is 0 Å². The highest BCUT2D eigenvalue weighted by molar-refractivity contribution is 8.33. The molecule has 0 spiro atoms. The van der Waals surface area contributed by atoms with Gasteiger partial charge in [-0.2, -0.15) is 8.42 Å². The fourth-order valence-electron chi connectivity index (χ4n) is 4.02. The van der Waals surface area contributed by atoms with Gasteiger partial charge < -0.3 is 15.3 Å². The van der Waals surface area contributed by atoms with E-state index in [0.717, 1.165) is 5.39 Å². The zero-order valence-corrected chi connectivity index (χ0v) is 20.5. The predicted molar refractivity (Wildman–Crippen MR) is 139 cm³/mol. The van der Waals surface area contributed by atoms with Gasteiger partial charge in [-0.05, 0) is 94.6 Å². The Morgan fingerprint density at radius 1 is 0.500 bits per heavy atom. The second-order valence-corrected chi connectivity index (χ2v) is 12.5. The minimum absolute atomic E-state index is 0.0142. The lowest BCUT2D eigenvalue weighted by Crippen LogP contribution is -2.15. The Morgan fingerprint density at radius 3 is 1.39 bits per heavy atom. The Bertz CT molecular complexity index is 1510. The number of hydrogen-bond donors (Lipinski definition) is 3. The van der Waals surface area contributed by atoms with Crippen molar-refractivity contribution in [2.24, 2.45) is 0 Å². The molecule has 0 unspecified atom stereocenters. The number of phenolic OH excluding ortho intramolecular Hbond substituents is 3. The largest absolute Gasteiger partial charge is 0.508 e. The highest BCUT2D eigenvalue weighted by Crippen LogP contribution is 2.70. The number of benzene rings is 5. The Balaban J connectivity index is 1.81. The zero-order chi connectivity index (χ0) is 25.3. The summed E-state index contributed by atoms with van der Waals surface area (Å²) in [5.41, 5.74) is 0. The summed E-state index contributed by atoms with van der Waals surface area (Å²) in [5, 5.41) is 31.1. The van der Waals surface area contributed by atoms with E-state index in [-0.39, 0.29) is 22.1 Å². The minimum atomic E-state index is -4.37. The second-order valence-electron chi connectivity index (χ2n) is 8.04. The van der Waals surface area contributed by atoms with E-state index in [9.17, 15) is 23.7 Å². The first kappa shape index (κ1) is 23.7. The Labute approximate surface area is 210 Å². The van der Waals surface area contributed by atoms with E-state index in [2.05, 4.69) is 0 Å². The van der Waals surface area contributed by atoms with Crippen LogP contribution >= 0.6 is 10.3 Å². The van der Waals surface area contributed by atoms with Gasteiger partial charge in [-0.3, -0.25) is 0 Å². The third kappa shape index (κ3) is 4.26. The molecule has 0 aromatic heterocycles. The van der Waals surface area contributed by atoms with Crippen molar-refractivity contribution in [3.63, 3.8) is 0 Å². The van der Waals surface area contributed by atoms with Crippen LogP contribution in [0.15, 0.2) is 135 Å². The average molecular weight is 519 g/mol. The molecule has 0 bridgehead atoms. The molecular weight excluding hydrogens is 496 g/mol. The summed E-state index contributed by atoms with van der Waals surface area (Å²) >= 11 is 0. The lowest BCUT2D eigenvalue weighted by atomic mass is 10.1. The topological polar surface area (TPSA) is 104 Å². The van der Waals surface area contributed by atoms with Crippen LogP contribution in [0.1, 0.15) is 0 Å². The maximum Gasteiger partial charge on any atom is 0.307 e. The summed E-state index contributed by atoms with van der Waals surface area (Å²) in [6, 6.07) is 30.6. The molecule has 0 atom stereocenters. The SMILES string of the molecule is O=S(=O)(OS(c1ccc(O)cc1)(c1ccc(O)cc1)c1ccc(O)cc1)c1cccc2ccccc12. The van der Waals surface area contributed by atoms with E-state index in [0.29, 0.717) is 20.1 Å². The van der Waals surface area contributed by atoms with Gasteiger partial charge in [0.25, 0.3) is 0 Å². The van der Waals surface area contributed by atoms with E-state index in [1.54, 1.807) is 54.6 Å². The Hall–Kier alpha value is -3.98. The van der Waals surface area contributed by atoms with Crippen LogP contribution in [-0.4, -0.2) is 23.7 Å². The molecule has 0 aliphatic heterocycles. The molecule has 36 heavy (non-hydrogen) atoms. The molecule has 5 rings (SSSR count). The van der Waals surface area contributed by atoms with Crippen LogP contribution in [0.5, 0.6) is 17.2 Å². The van der Waals surface area contributed by atoms with E-state index < -0.39 is 20.4 Å². The number of phenols is 3. The summed E-state index contributed by atoms with van der Waals surface area (Å²) in [7, 11) is -7.35. The standard InChI is InChI=1S/C28H22O6S2/c29-21-8-14-24(15-9-21)35(25-16-10-22(30)11-17-25,26-18-12-23(31)13-19-26)34-36(32,33)28-7-3-5-20-4-1-2-6-27(20)28/h1-19,29-31H. The molecular formula is C28H22O6S2. The van der Waals surface area contributed by atoms with Gasteiger partial charge in [0.1, 0.15) is 22.1 Å². The van der Waals surface area contributed by atoms with Crippen molar-refractivity contribution in [1.29, 1.82) is 0 Å². The molecule has 5 aromatic rings. The van der Waals surface area contributed by atoms with Crippen molar-refractivity contribution in [3.05, 3.63) is 115 Å². The number of fused-ring (bicyclic) bond motifs is 1. The van der Waals surface area contributed by atoms with Gasteiger partial charge in [-0.25, -0.2) is 3.63 Å². The Morgan fingerprint density at radius 2 is 0.917 bits per heavy atom. The molecule has 0 aliphatic rings. The quantitative estimate of drug-likeness (QED) is 0.235. The molecule has 3 N–H and O–H groups in total. The van der Waals surface area contributed by atoms with Gasteiger partial charge in [0.05, 0.1) is 0 Å². The summed E-state index contributed by atoms with van der Waals surface area (Å²) in [4.78, 5) is 1.52. The summed E-state index contributed by atoms with van der Waals surface area (Å²) in [6.45, 7) is 0. The highest BCUT2D eigenvalue weighted by Gasteiger charge is 2.39. The first-order valence-electron chi connectivity index (χ1n) is 10.9. The maximum atomic E-state index is 14.0. The van der Waals surface area contributed by atoms with Crippen LogP contribution in [0.3, 0.4) is 0 Å². The van der Waals surface area contributed by atoms with Gasteiger partial charge in [-0.15, -0.1) is 0 Å². The van der Waals surface area contributed by atoms with Crippen molar-refractivity contribution in [2.75, 3.05) is 0 Å². The molecule has 182 valence electrons. The molecule has 0 fully saturated rings. The van der Waals surface area contributed by atoms with Gasteiger partial charge >= 0.3 is 10.1 Å². The summed E-state index contributed by atoms with van der Waals surface area (Å²) in [5.74, 6) is 0.0427. The highest BCUT2D eigenvalue weighted by atomic mass is 32.3. The van der Waals surface area contributed by atoms with Crippen molar-refractivity contribution in [1.82, 2.24) is 0 Å². The predicted octanol–water partition coefficient (Wildman–Crippen LogP) is 6.56. The van der Waals surface area contributed by atoms with Crippen LogP contribution < -0.4 is 0 Å². The molecule has 0 radical (unpaired) electrons. The fourth-order valence-corrected chi connectivity index (χ4v) is 9.41. The molecule has 8 heteroatoms. The Kier molecular flexibility index (Phi) is 6.09. The molecule has 0 amide bonds. The van der Waals surface area contributed by atoms with E-state index in [1.165, 1.54) is 42.5 Å². The molecule has 0 saturated heterocycles. The van der Waals surface area contributed by atoms with Crippen LogP contribution in [0.4, 0.5) is 0 Å². The molecule has 6 nitrogen and oxygen atoms in total. The summed E-state index contributed by atoms with van der Waals surface area (Å²) < 4.78 is 34.4. The van der Waals surface area contributed by atoms with E-state index in [4.69, 9.17) is 3.63 Å². The van der Waals surface area contributed by atoms with Crippen LogP contribution in [0, 0.1) is 0 Å². The van der Waals surface area contributed by atoms with E-state index in [1.807, 2.05) is 18.2 Å². The van der Waals surface area contributed by atoms with Crippen LogP contribution in [-0.2, 0) is 13.7 Å². The van der Waals surface area contributed by atoms with E-state index >= 15 is 0 Å². The van der Waals surface area contributed by atoms with Crippen molar-refractivity contribution in [2.45, 2.75) is 19.6 Å². The lowest BCUT2D eigenvalue weighted by Gasteiger charge is -2.39. The third-order valence-corrected chi connectivity index (χ3v) is 11.0. The number of aromatic hydroxyl groups is 3. The van der Waals surface area contributed by atoms with Crippen molar-refractivity contribution < 1.29 is 27.4 Å². The second kappa shape index (κ2) is 9.23. The van der Waals surface area contributed by atoms with Gasteiger partial charge in [0.15, 0.2) is 0 Å². The van der Waals surface area contributed by atoms with Gasteiger partial charge in [0, 0.05) is 20.1 Å². The van der Waals surface area contributed by atoms with Gasteiger partial charge in [-0.1, -0.05) is 36.4 Å². The molecule has 0 saturated carbocycles. The lowest BCUT2D eigenvalue weighted by molar-refractivity contribution is 0.474. The van der Waals surface area contributed by atoms with Crippen LogP contribution in [0.2, 0.25) is 0 Å². The monoisotopic (exact) mass is 518 g/mol. The molecule has 0 heterocycles. The van der Waals surface area contributed by atoms with Crippen molar-refractivity contribution in [3.8, 4) is 17.2 Å². The average Bonchev–Trinajstić information content (AvgIpc) is 2.88. The zero-order valence-electron chi connectivity index (χ0n) is 18.9. The third-order valence-electron chi connectivity index (χ3n) is 5.72.